The largest absolute Gasteiger partial charge is 0.394 e. The van der Waals surface area contributed by atoms with Gasteiger partial charge in [-0.25, -0.2) is 0 Å². The van der Waals surface area contributed by atoms with E-state index in [0.29, 0.717) is 0 Å². The van der Waals surface area contributed by atoms with Crippen LogP contribution in [0.25, 0.3) is 0 Å². The fraction of sp³-hybridized carbons (Fsp3) is 1.00. The molecule has 0 saturated carbocycles. The molecule has 0 aliphatic heterocycles. The van der Waals surface area contributed by atoms with E-state index in [2.05, 4.69) is 0 Å². The maximum atomic E-state index is 8.52. The Bertz CT molecular complexity index is 28.7. The summed E-state index contributed by atoms with van der Waals surface area (Å²) in [6.07, 6.45) is 0.648. The molecule has 1 nitrogen and oxygen atoms in total. The third-order valence-electron chi connectivity index (χ3n) is 0.577. The summed E-state index contributed by atoms with van der Waals surface area (Å²) < 4.78 is 0. The van der Waals surface area contributed by atoms with Crippen LogP contribution in [-0.4, -0.2) is 18.5 Å². The first-order valence-electron chi connectivity index (χ1n) is 2.23. The van der Waals surface area contributed by atoms with Crippen LogP contribution in [0.4, 0.5) is 0 Å². The molecule has 0 aromatic heterocycles. The molecule has 0 aliphatic carbocycles. The van der Waals surface area contributed by atoms with Gasteiger partial charge in [-0.1, -0.05) is 13.1 Å². The van der Waals surface area contributed by atoms with Crippen LogP contribution < -0.4 is 0 Å². The lowest BCUT2D eigenvalue weighted by Crippen LogP contribution is -2.00. The van der Waals surface area contributed by atoms with Crippen molar-refractivity contribution >= 4 is 7.28 Å². The summed E-state index contributed by atoms with van der Waals surface area (Å²) in [7, 11) is 1.95. The summed E-state index contributed by atoms with van der Waals surface area (Å²) in [6, 6.07) is 0. The van der Waals surface area contributed by atoms with Crippen LogP contribution in [-0.2, 0) is 0 Å². The quantitative estimate of drug-likeness (QED) is 0.485. The molecule has 0 rings (SSSR count). The molecule has 0 spiro atoms. The molecule has 0 heterocycles. The Kier molecular flexibility index (Phi) is 3.24. The molecule has 0 aliphatic rings. The molecule has 1 radical (unpaired) electrons. The van der Waals surface area contributed by atoms with E-state index in [1.165, 1.54) is 0 Å². The van der Waals surface area contributed by atoms with Gasteiger partial charge in [-0.2, -0.15) is 0 Å². The van der Waals surface area contributed by atoms with Crippen LogP contribution in [0.3, 0.4) is 0 Å². The van der Waals surface area contributed by atoms with Crippen LogP contribution >= 0.6 is 0 Å². The highest BCUT2D eigenvalue weighted by molar-refractivity contribution is 6.33. The Morgan fingerprint density at radius 2 is 2.33 bits per heavy atom. The second-order valence-electron chi connectivity index (χ2n) is 1.49. The van der Waals surface area contributed by atoms with Crippen molar-refractivity contribution < 1.29 is 5.11 Å². The molecule has 0 aromatic carbocycles. The van der Waals surface area contributed by atoms with Crippen molar-refractivity contribution in [1.29, 1.82) is 0 Å². The topological polar surface area (TPSA) is 20.2 Å². The van der Waals surface area contributed by atoms with Gasteiger partial charge < -0.3 is 5.11 Å². The summed E-state index contributed by atoms with van der Waals surface area (Å²) >= 11 is 0. The van der Waals surface area contributed by atoms with E-state index in [1.807, 2.05) is 14.1 Å². The summed E-state index contributed by atoms with van der Waals surface area (Å²) in [5.74, 6) is 0. The average Bonchev–Trinajstić information content (AvgIpc) is 1.35. The summed E-state index contributed by atoms with van der Waals surface area (Å²) in [5.41, 5.74) is 0. The van der Waals surface area contributed by atoms with Crippen LogP contribution in [0.15, 0.2) is 0 Å². The lowest BCUT2D eigenvalue weighted by atomic mass is 9.76. The smallest absolute Gasteiger partial charge is 0.109 e. The normalized spacial score (nSPS) is 13.8. The fourth-order valence-electron chi connectivity index (χ4n) is 0.341. The zero-order valence-corrected chi connectivity index (χ0v) is 4.31. The number of aliphatic hydroxyl groups is 1. The minimum atomic E-state index is -0.157. The highest BCUT2D eigenvalue weighted by Gasteiger charge is 1.88. The Morgan fingerprint density at radius 1 is 1.83 bits per heavy atom. The lowest BCUT2D eigenvalue weighted by Gasteiger charge is -1.94. The molecular weight excluding hydrogens is 74.9 g/mol. The third kappa shape index (κ3) is 4.02. The predicted molar refractivity (Wildman–Crippen MR) is 28.1 cm³/mol. The maximum absolute atomic E-state index is 8.52. The van der Waals surface area contributed by atoms with Gasteiger partial charge in [-0.05, 0) is 6.92 Å². The van der Waals surface area contributed by atoms with Crippen molar-refractivity contribution in [3.05, 3.63) is 0 Å². The Labute approximate surface area is 39.6 Å². The Hall–Kier alpha value is 0.0249. The Balaban J connectivity index is 2.63. The van der Waals surface area contributed by atoms with Gasteiger partial charge in [-0.3, -0.25) is 0 Å². The first-order chi connectivity index (χ1) is 2.77. The molecular formula is C4H10BO. The standard InChI is InChI=1S/C4H10BO/c1-4(6)3-5-2/h4,6H,3H2,1-2H3. The minimum absolute atomic E-state index is 0.157. The summed E-state index contributed by atoms with van der Waals surface area (Å²) in [4.78, 5) is 0. The fourth-order valence-corrected chi connectivity index (χ4v) is 0.341. The molecule has 0 aromatic rings. The van der Waals surface area contributed by atoms with Gasteiger partial charge in [0, 0.05) is 6.10 Å². The van der Waals surface area contributed by atoms with Crippen LogP contribution in [0.1, 0.15) is 6.92 Å². The van der Waals surface area contributed by atoms with Gasteiger partial charge in [0.1, 0.15) is 7.28 Å². The molecule has 1 unspecified atom stereocenters. The monoisotopic (exact) mass is 85.1 g/mol. The van der Waals surface area contributed by atoms with Gasteiger partial charge in [0.25, 0.3) is 0 Å². The van der Waals surface area contributed by atoms with Crippen molar-refractivity contribution in [3.8, 4) is 0 Å². The van der Waals surface area contributed by atoms with E-state index >= 15 is 0 Å². The Morgan fingerprint density at radius 3 is 2.33 bits per heavy atom. The molecule has 2 heteroatoms. The second kappa shape index (κ2) is 3.22. The van der Waals surface area contributed by atoms with E-state index in [0.717, 1.165) is 6.32 Å². The van der Waals surface area contributed by atoms with Crippen molar-refractivity contribution in [2.45, 2.75) is 26.2 Å². The van der Waals surface area contributed by atoms with Crippen molar-refractivity contribution in [3.63, 3.8) is 0 Å². The summed E-state index contributed by atoms with van der Waals surface area (Å²) in [6.45, 7) is 3.72. The highest BCUT2D eigenvalue weighted by Crippen LogP contribution is 1.85. The molecule has 0 fully saturated rings. The first kappa shape index (κ1) is 6.02. The molecule has 0 saturated heterocycles. The van der Waals surface area contributed by atoms with E-state index in [4.69, 9.17) is 5.11 Å². The zero-order chi connectivity index (χ0) is 4.99. The van der Waals surface area contributed by atoms with Gasteiger partial charge in [0.15, 0.2) is 0 Å². The molecule has 6 heavy (non-hydrogen) atoms. The van der Waals surface area contributed by atoms with Gasteiger partial charge in [0.05, 0.1) is 0 Å². The third-order valence-corrected chi connectivity index (χ3v) is 0.577. The van der Waals surface area contributed by atoms with E-state index in [9.17, 15) is 0 Å². The summed E-state index contributed by atoms with van der Waals surface area (Å²) in [5, 5.41) is 8.52. The van der Waals surface area contributed by atoms with Crippen LogP contribution in [0, 0.1) is 0 Å². The second-order valence-corrected chi connectivity index (χ2v) is 1.49. The van der Waals surface area contributed by atoms with Gasteiger partial charge in [-0.15, -0.1) is 0 Å². The predicted octanol–water partition coefficient (Wildman–Crippen LogP) is 0.538. The van der Waals surface area contributed by atoms with E-state index < -0.39 is 0 Å². The lowest BCUT2D eigenvalue weighted by molar-refractivity contribution is 0.215. The van der Waals surface area contributed by atoms with E-state index in [-0.39, 0.29) is 6.10 Å². The number of aliphatic hydroxyl groups excluding tert-OH is 1. The SMILES string of the molecule is C[B]CC(C)O. The van der Waals surface area contributed by atoms with Crippen LogP contribution in [0.5, 0.6) is 0 Å². The highest BCUT2D eigenvalue weighted by atomic mass is 16.3. The van der Waals surface area contributed by atoms with Crippen molar-refractivity contribution in [2.24, 2.45) is 0 Å². The van der Waals surface area contributed by atoms with Crippen molar-refractivity contribution in [2.75, 3.05) is 0 Å². The first-order valence-corrected chi connectivity index (χ1v) is 2.23. The molecule has 35 valence electrons. The number of rotatable bonds is 2. The van der Waals surface area contributed by atoms with Gasteiger partial charge >= 0.3 is 0 Å². The maximum Gasteiger partial charge on any atom is 0.109 e. The molecule has 0 bridgehead atoms. The zero-order valence-electron chi connectivity index (χ0n) is 4.31. The van der Waals surface area contributed by atoms with Crippen LogP contribution in [0.2, 0.25) is 13.1 Å². The van der Waals surface area contributed by atoms with Crippen molar-refractivity contribution in [1.82, 2.24) is 0 Å². The number of hydrogen-bond donors (Lipinski definition) is 1. The van der Waals surface area contributed by atoms with Gasteiger partial charge in [0.2, 0.25) is 0 Å². The minimum Gasteiger partial charge on any atom is -0.394 e. The molecule has 0 amide bonds. The molecule has 1 atom stereocenters. The van der Waals surface area contributed by atoms with E-state index in [1.54, 1.807) is 6.92 Å². The number of hydrogen-bond acceptors (Lipinski definition) is 1. The average molecular weight is 84.9 g/mol. The molecule has 1 N–H and O–H groups in total.